The van der Waals surface area contributed by atoms with Crippen LogP contribution in [-0.4, -0.2) is 10.7 Å². The van der Waals surface area contributed by atoms with Crippen molar-refractivity contribution in [1.82, 2.24) is 4.98 Å². The molecule has 1 heterocycles. The van der Waals surface area contributed by atoms with Gasteiger partial charge in [-0.05, 0) is 46.6 Å². The molecule has 0 atom stereocenters. The second-order valence-electron chi connectivity index (χ2n) is 3.82. The minimum Gasteiger partial charge on any atom is -0.339 e. The number of thioether (sulfide) groups is 1. The molecule has 0 amide bonds. The van der Waals surface area contributed by atoms with E-state index in [9.17, 15) is 8.78 Å². The fourth-order valence-electron chi connectivity index (χ4n) is 1.51. The van der Waals surface area contributed by atoms with E-state index in [1.54, 1.807) is 30.5 Å². The maximum atomic E-state index is 12.5. The van der Waals surface area contributed by atoms with E-state index < -0.39 is 5.76 Å². The van der Waals surface area contributed by atoms with E-state index in [0.717, 1.165) is 10.0 Å². The van der Waals surface area contributed by atoms with Crippen molar-refractivity contribution in [3.05, 3.63) is 46.6 Å². The van der Waals surface area contributed by atoms with Gasteiger partial charge < -0.3 is 5.32 Å². The van der Waals surface area contributed by atoms with Gasteiger partial charge >= 0.3 is 0 Å². The van der Waals surface area contributed by atoms with Crippen LogP contribution < -0.4 is 5.32 Å². The summed E-state index contributed by atoms with van der Waals surface area (Å²) in [5.41, 5.74) is 1.65. The van der Waals surface area contributed by atoms with E-state index in [0.29, 0.717) is 28.2 Å². The Balaban J connectivity index is 2.25. The van der Waals surface area contributed by atoms with Crippen molar-refractivity contribution in [3.63, 3.8) is 0 Å². The highest BCUT2D eigenvalue weighted by molar-refractivity contribution is 9.10. The van der Waals surface area contributed by atoms with Crippen LogP contribution in [0.5, 0.6) is 0 Å². The van der Waals surface area contributed by atoms with Crippen LogP contribution in [0.25, 0.3) is 0 Å². The third-order valence-corrected chi connectivity index (χ3v) is 4.03. The molecule has 0 aliphatic heterocycles. The Morgan fingerprint density at radius 2 is 2.05 bits per heavy atom. The Bertz CT molecular complexity index is 578. The Morgan fingerprint density at radius 3 is 2.74 bits per heavy atom. The number of nitrogens with one attached hydrogen (secondary N) is 1. The molecule has 0 fully saturated rings. The van der Waals surface area contributed by atoms with Gasteiger partial charge in [-0.25, -0.2) is 4.98 Å². The lowest BCUT2D eigenvalue weighted by atomic mass is 10.3. The molecule has 0 spiro atoms. The number of pyridine rings is 1. The van der Waals surface area contributed by atoms with Crippen LogP contribution in [0.15, 0.2) is 45.9 Å². The molecule has 0 radical (unpaired) electrons. The van der Waals surface area contributed by atoms with E-state index >= 15 is 0 Å². The van der Waals surface area contributed by atoms with Gasteiger partial charge in [0.25, 0.3) is 5.76 Å². The number of nitrogens with zero attached hydrogens (tertiary/aromatic N) is 1. The second-order valence-corrected chi connectivity index (χ2v) is 5.70. The third kappa shape index (κ3) is 3.91. The van der Waals surface area contributed by atoms with Gasteiger partial charge in [0.15, 0.2) is 0 Å². The van der Waals surface area contributed by atoms with Gasteiger partial charge in [0, 0.05) is 15.6 Å². The molecular weight excluding hydrogens is 334 g/mol. The molecule has 0 saturated carbocycles. The predicted octanol–water partition coefficient (Wildman–Crippen LogP) is 5.21. The summed E-state index contributed by atoms with van der Waals surface area (Å²) in [6.45, 7) is 1.94. The molecular formula is C13H11BrF2N2S. The molecule has 1 N–H and O–H groups in total. The number of aromatic nitrogens is 1. The number of rotatable bonds is 4. The molecule has 0 unspecified atom stereocenters. The first-order valence-corrected chi connectivity index (χ1v) is 7.16. The lowest BCUT2D eigenvalue weighted by Gasteiger charge is -2.11. The maximum absolute atomic E-state index is 12.5. The zero-order chi connectivity index (χ0) is 13.8. The highest BCUT2D eigenvalue weighted by atomic mass is 79.9. The maximum Gasteiger partial charge on any atom is 0.288 e. The van der Waals surface area contributed by atoms with Crippen LogP contribution in [0.2, 0.25) is 0 Å². The van der Waals surface area contributed by atoms with Crippen LogP contribution >= 0.6 is 27.7 Å². The largest absolute Gasteiger partial charge is 0.339 e. The molecule has 100 valence electrons. The lowest BCUT2D eigenvalue weighted by Crippen LogP contribution is -1.96. The van der Waals surface area contributed by atoms with Crippen molar-refractivity contribution in [2.45, 2.75) is 17.6 Å². The SMILES string of the molecule is Cc1cc(Nc2ccccc2SC(F)F)ncc1Br. The summed E-state index contributed by atoms with van der Waals surface area (Å²) < 4.78 is 25.8. The highest BCUT2D eigenvalue weighted by Gasteiger charge is 2.10. The molecule has 1 aromatic carbocycles. The summed E-state index contributed by atoms with van der Waals surface area (Å²) in [5, 5.41) is 3.06. The molecule has 19 heavy (non-hydrogen) atoms. The van der Waals surface area contributed by atoms with Crippen molar-refractivity contribution in [3.8, 4) is 0 Å². The fourth-order valence-corrected chi connectivity index (χ4v) is 2.33. The zero-order valence-electron chi connectivity index (χ0n) is 10.0. The van der Waals surface area contributed by atoms with E-state index in [4.69, 9.17) is 0 Å². The van der Waals surface area contributed by atoms with Gasteiger partial charge in [-0.15, -0.1) is 0 Å². The summed E-state index contributed by atoms with van der Waals surface area (Å²) in [6, 6.07) is 8.79. The first-order chi connectivity index (χ1) is 9.06. The van der Waals surface area contributed by atoms with Crippen LogP contribution in [-0.2, 0) is 0 Å². The minimum atomic E-state index is -2.44. The molecule has 0 saturated heterocycles. The van der Waals surface area contributed by atoms with E-state index in [2.05, 4.69) is 26.2 Å². The first-order valence-electron chi connectivity index (χ1n) is 5.49. The summed E-state index contributed by atoms with van der Waals surface area (Å²) >= 11 is 3.89. The summed E-state index contributed by atoms with van der Waals surface area (Å²) in [5.74, 6) is -1.81. The molecule has 0 aliphatic rings. The normalized spacial score (nSPS) is 10.8. The summed E-state index contributed by atoms with van der Waals surface area (Å²) in [7, 11) is 0. The lowest BCUT2D eigenvalue weighted by molar-refractivity contribution is 0.252. The number of para-hydroxylation sites is 1. The first kappa shape index (κ1) is 14.3. The van der Waals surface area contributed by atoms with E-state index in [-0.39, 0.29) is 0 Å². The number of alkyl halides is 2. The fraction of sp³-hybridized carbons (Fsp3) is 0.154. The van der Waals surface area contributed by atoms with Crippen molar-refractivity contribution in [2.24, 2.45) is 0 Å². The molecule has 2 nitrogen and oxygen atoms in total. The van der Waals surface area contributed by atoms with Crippen LogP contribution in [0.4, 0.5) is 20.3 Å². The Hall–Kier alpha value is -1.14. The van der Waals surface area contributed by atoms with Gasteiger partial charge in [0.2, 0.25) is 0 Å². The van der Waals surface area contributed by atoms with Crippen LogP contribution in [0, 0.1) is 6.92 Å². The van der Waals surface area contributed by atoms with Gasteiger partial charge in [0.1, 0.15) is 5.82 Å². The Morgan fingerprint density at radius 1 is 1.32 bits per heavy atom. The second kappa shape index (κ2) is 6.34. The van der Waals surface area contributed by atoms with Crippen molar-refractivity contribution >= 4 is 39.2 Å². The number of benzene rings is 1. The number of hydrogen-bond acceptors (Lipinski definition) is 3. The third-order valence-electron chi connectivity index (χ3n) is 2.41. The number of hydrogen-bond donors (Lipinski definition) is 1. The number of anilines is 2. The van der Waals surface area contributed by atoms with E-state index in [1.165, 1.54) is 0 Å². The van der Waals surface area contributed by atoms with Crippen molar-refractivity contribution < 1.29 is 8.78 Å². The van der Waals surface area contributed by atoms with Gasteiger partial charge in [-0.2, -0.15) is 8.78 Å². The summed E-state index contributed by atoms with van der Waals surface area (Å²) in [6.07, 6.45) is 1.68. The average molecular weight is 345 g/mol. The molecule has 2 aromatic rings. The number of halogens is 3. The van der Waals surface area contributed by atoms with Gasteiger partial charge in [-0.1, -0.05) is 23.9 Å². The molecule has 0 aliphatic carbocycles. The average Bonchev–Trinajstić information content (AvgIpc) is 2.36. The smallest absolute Gasteiger partial charge is 0.288 e. The monoisotopic (exact) mass is 344 g/mol. The molecule has 2 rings (SSSR count). The standard InChI is InChI=1S/C13H11BrF2N2S/c1-8-6-12(17-7-9(8)14)18-10-4-2-3-5-11(10)19-13(15)16/h2-7,13H,1H3,(H,17,18). The Labute approximate surface area is 122 Å². The minimum absolute atomic E-state index is 0.500. The molecule has 6 heteroatoms. The van der Waals surface area contributed by atoms with Gasteiger partial charge in [0.05, 0.1) is 5.69 Å². The molecule has 0 bridgehead atoms. The van der Waals surface area contributed by atoms with Gasteiger partial charge in [-0.3, -0.25) is 0 Å². The van der Waals surface area contributed by atoms with E-state index in [1.807, 2.05) is 13.0 Å². The van der Waals surface area contributed by atoms with Crippen molar-refractivity contribution in [1.29, 1.82) is 0 Å². The number of aryl methyl sites for hydroxylation is 1. The van der Waals surface area contributed by atoms with Crippen LogP contribution in [0.3, 0.4) is 0 Å². The highest BCUT2D eigenvalue weighted by Crippen LogP contribution is 2.33. The quantitative estimate of drug-likeness (QED) is 0.770. The zero-order valence-corrected chi connectivity index (χ0v) is 12.4. The Kier molecular flexibility index (Phi) is 4.76. The summed E-state index contributed by atoms with van der Waals surface area (Å²) in [4.78, 5) is 4.70. The van der Waals surface area contributed by atoms with Crippen LogP contribution in [0.1, 0.15) is 5.56 Å². The van der Waals surface area contributed by atoms with Crippen molar-refractivity contribution in [2.75, 3.05) is 5.32 Å². The topological polar surface area (TPSA) is 24.9 Å². The predicted molar refractivity (Wildman–Crippen MR) is 78.3 cm³/mol. The molecule has 1 aromatic heterocycles.